The zero-order valence-corrected chi connectivity index (χ0v) is 16.8. The van der Waals surface area contributed by atoms with Crippen molar-refractivity contribution in [1.82, 2.24) is 20.4 Å². The number of nitrogens with one attached hydrogen (secondary N) is 2. The number of hydrogen-bond donors (Lipinski definition) is 2. The SMILES string of the molecule is CCNC(=NCC1CN(CC(C)C)CCO1)NCCC(=O)N1CCCC1. The van der Waals surface area contributed by atoms with Crippen LogP contribution in [0.15, 0.2) is 4.99 Å². The van der Waals surface area contributed by atoms with E-state index in [9.17, 15) is 4.79 Å². The second-order valence-corrected chi connectivity index (χ2v) is 7.63. The summed E-state index contributed by atoms with van der Waals surface area (Å²) in [5.74, 6) is 1.68. The second-order valence-electron chi connectivity index (χ2n) is 7.63. The molecule has 2 saturated heterocycles. The zero-order valence-electron chi connectivity index (χ0n) is 16.8. The fourth-order valence-electron chi connectivity index (χ4n) is 3.52. The third-order valence-electron chi connectivity index (χ3n) is 4.73. The van der Waals surface area contributed by atoms with E-state index in [4.69, 9.17) is 4.74 Å². The van der Waals surface area contributed by atoms with E-state index in [1.165, 1.54) is 0 Å². The molecule has 0 radical (unpaired) electrons. The Hall–Kier alpha value is -1.34. The molecule has 2 aliphatic heterocycles. The first kappa shape index (κ1) is 21.0. The topological polar surface area (TPSA) is 69.2 Å². The maximum atomic E-state index is 12.1. The van der Waals surface area contributed by atoms with Crippen LogP contribution < -0.4 is 10.6 Å². The van der Waals surface area contributed by atoms with Crippen LogP contribution in [0.1, 0.15) is 40.0 Å². The lowest BCUT2D eigenvalue weighted by atomic mass is 10.2. The number of amides is 1. The van der Waals surface area contributed by atoms with Gasteiger partial charge in [-0.3, -0.25) is 14.7 Å². The van der Waals surface area contributed by atoms with Gasteiger partial charge in [0.15, 0.2) is 5.96 Å². The van der Waals surface area contributed by atoms with Gasteiger partial charge < -0.3 is 20.3 Å². The van der Waals surface area contributed by atoms with Crippen LogP contribution in [0.4, 0.5) is 0 Å². The van der Waals surface area contributed by atoms with Crippen molar-refractivity contribution in [3.63, 3.8) is 0 Å². The van der Waals surface area contributed by atoms with Crippen LogP contribution in [0, 0.1) is 5.92 Å². The van der Waals surface area contributed by atoms with E-state index in [1.807, 2.05) is 11.8 Å². The van der Waals surface area contributed by atoms with Crippen LogP contribution in [0.5, 0.6) is 0 Å². The summed E-state index contributed by atoms with van der Waals surface area (Å²) in [5.41, 5.74) is 0. The normalized spacial score (nSPS) is 22.1. The van der Waals surface area contributed by atoms with Gasteiger partial charge in [0.05, 0.1) is 19.3 Å². The lowest BCUT2D eigenvalue weighted by molar-refractivity contribution is -0.129. The lowest BCUT2D eigenvalue weighted by Gasteiger charge is -2.33. The molecule has 2 fully saturated rings. The van der Waals surface area contributed by atoms with Gasteiger partial charge in [0.25, 0.3) is 0 Å². The van der Waals surface area contributed by atoms with Gasteiger partial charge in [0.1, 0.15) is 0 Å². The monoisotopic (exact) mass is 367 g/mol. The molecule has 1 unspecified atom stereocenters. The van der Waals surface area contributed by atoms with Gasteiger partial charge in [-0.2, -0.15) is 0 Å². The van der Waals surface area contributed by atoms with E-state index in [1.54, 1.807) is 0 Å². The molecule has 7 heteroatoms. The molecule has 0 spiro atoms. The number of rotatable bonds is 8. The molecular weight excluding hydrogens is 330 g/mol. The first-order valence-corrected chi connectivity index (χ1v) is 10.2. The fourth-order valence-corrected chi connectivity index (χ4v) is 3.52. The van der Waals surface area contributed by atoms with E-state index in [0.29, 0.717) is 25.4 Å². The van der Waals surface area contributed by atoms with Gasteiger partial charge in [0.2, 0.25) is 5.91 Å². The smallest absolute Gasteiger partial charge is 0.224 e. The van der Waals surface area contributed by atoms with Crippen LogP contribution in [-0.2, 0) is 9.53 Å². The average Bonchev–Trinajstić information content (AvgIpc) is 3.14. The molecule has 0 saturated carbocycles. The molecule has 0 aromatic rings. The average molecular weight is 368 g/mol. The van der Waals surface area contributed by atoms with Crippen molar-refractivity contribution in [3.05, 3.63) is 0 Å². The number of carbonyl (C=O) groups excluding carboxylic acids is 1. The largest absolute Gasteiger partial charge is 0.374 e. The maximum Gasteiger partial charge on any atom is 0.224 e. The first-order chi connectivity index (χ1) is 12.6. The van der Waals surface area contributed by atoms with Crippen LogP contribution in [0.3, 0.4) is 0 Å². The number of morpholine rings is 1. The molecule has 2 rings (SSSR count). The van der Waals surface area contributed by atoms with E-state index < -0.39 is 0 Å². The highest BCUT2D eigenvalue weighted by Crippen LogP contribution is 2.09. The number of ether oxygens (including phenoxy) is 1. The van der Waals surface area contributed by atoms with Gasteiger partial charge in [-0.05, 0) is 25.7 Å². The number of aliphatic imine (C=N–C) groups is 1. The van der Waals surface area contributed by atoms with Crippen LogP contribution in [0.25, 0.3) is 0 Å². The Morgan fingerprint density at radius 3 is 2.69 bits per heavy atom. The molecule has 0 aliphatic carbocycles. The van der Waals surface area contributed by atoms with Crippen LogP contribution in [-0.4, -0.2) is 86.7 Å². The molecule has 1 atom stereocenters. The maximum absolute atomic E-state index is 12.1. The van der Waals surface area contributed by atoms with Crippen LogP contribution >= 0.6 is 0 Å². The summed E-state index contributed by atoms with van der Waals surface area (Å²) in [6.45, 7) is 14.3. The Balaban J connectivity index is 1.73. The highest BCUT2D eigenvalue weighted by molar-refractivity contribution is 5.81. The molecule has 7 nitrogen and oxygen atoms in total. The molecule has 26 heavy (non-hydrogen) atoms. The first-order valence-electron chi connectivity index (χ1n) is 10.2. The lowest BCUT2D eigenvalue weighted by Crippen LogP contribution is -2.46. The Morgan fingerprint density at radius 1 is 1.23 bits per heavy atom. The molecular formula is C19H37N5O2. The van der Waals surface area contributed by atoms with Crippen molar-refractivity contribution in [2.75, 3.05) is 59.0 Å². The van der Waals surface area contributed by atoms with Crippen molar-refractivity contribution < 1.29 is 9.53 Å². The van der Waals surface area contributed by atoms with Crippen LogP contribution in [0.2, 0.25) is 0 Å². The summed E-state index contributed by atoms with van der Waals surface area (Å²) >= 11 is 0. The summed E-state index contributed by atoms with van der Waals surface area (Å²) in [4.78, 5) is 21.2. The van der Waals surface area contributed by atoms with Gasteiger partial charge >= 0.3 is 0 Å². The Morgan fingerprint density at radius 2 is 2.00 bits per heavy atom. The molecule has 2 N–H and O–H groups in total. The minimum Gasteiger partial charge on any atom is -0.374 e. The number of hydrogen-bond acceptors (Lipinski definition) is 4. The fraction of sp³-hybridized carbons (Fsp3) is 0.895. The Labute approximate surface area is 158 Å². The van der Waals surface area contributed by atoms with Crippen molar-refractivity contribution in [3.8, 4) is 0 Å². The van der Waals surface area contributed by atoms with Crippen molar-refractivity contribution in [2.24, 2.45) is 10.9 Å². The molecule has 0 bridgehead atoms. The summed E-state index contributed by atoms with van der Waals surface area (Å²) in [7, 11) is 0. The predicted molar refractivity (Wildman–Crippen MR) is 105 cm³/mol. The third kappa shape index (κ3) is 7.50. The molecule has 1 amide bonds. The minimum atomic E-state index is 0.143. The zero-order chi connectivity index (χ0) is 18.8. The minimum absolute atomic E-state index is 0.143. The Bertz CT molecular complexity index is 449. The molecule has 2 heterocycles. The summed E-state index contributed by atoms with van der Waals surface area (Å²) in [5, 5.41) is 6.53. The number of likely N-dealkylation sites (tertiary alicyclic amines) is 1. The number of guanidine groups is 1. The van der Waals surface area contributed by atoms with Gasteiger partial charge in [-0.1, -0.05) is 13.8 Å². The standard InChI is InChI=1S/C19H37N5O2/c1-4-20-19(21-8-7-18(25)24-9-5-6-10-24)22-13-17-15-23(11-12-26-17)14-16(2)3/h16-17H,4-15H2,1-3H3,(H2,20,21,22). The second kappa shape index (κ2) is 11.4. The number of nitrogens with zero attached hydrogens (tertiary/aromatic N) is 3. The molecule has 0 aromatic carbocycles. The summed E-state index contributed by atoms with van der Waals surface area (Å²) in [6, 6.07) is 0. The Kier molecular flexibility index (Phi) is 9.18. The van der Waals surface area contributed by atoms with E-state index in [-0.39, 0.29) is 12.0 Å². The highest BCUT2D eigenvalue weighted by Gasteiger charge is 2.21. The van der Waals surface area contributed by atoms with E-state index in [0.717, 1.165) is 64.7 Å². The third-order valence-corrected chi connectivity index (χ3v) is 4.73. The number of carbonyl (C=O) groups is 1. The van der Waals surface area contributed by atoms with Crippen molar-refractivity contribution in [2.45, 2.75) is 46.1 Å². The molecule has 2 aliphatic rings. The quantitative estimate of drug-likeness (QED) is 0.493. The van der Waals surface area contributed by atoms with Crippen molar-refractivity contribution in [1.29, 1.82) is 0 Å². The van der Waals surface area contributed by atoms with Gasteiger partial charge in [-0.25, -0.2) is 0 Å². The molecule has 0 aromatic heterocycles. The van der Waals surface area contributed by atoms with Crippen molar-refractivity contribution >= 4 is 11.9 Å². The van der Waals surface area contributed by atoms with Gasteiger partial charge in [-0.15, -0.1) is 0 Å². The van der Waals surface area contributed by atoms with E-state index in [2.05, 4.69) is 34.4 Å². The summed E-state index contributed by atoms with van der Waals surface area (Å²) in [6.07, 6.45) is 2.94. The molecule has 150 valence electrons. The summed E-state index contributed by atoms with van der Waals surface area (Å²) < 4.78 is 5.86. The van der Waals surface area contributed by atoms with Gasteiger partial charge in [0, 0.05) is 52.2 Å². The predicted octanol–water partition coefficient (Wildman–Crippen LogP) is 0.911. The van der Waals surface area contributed by atoms with E-state index >= 15 is 0 Å². The highest BCUT2D eigenvalue weighted by atomic mass is 16.5.